The van der Waals surface area contributed by atoms with E-state index in [4.69, 9.17) is 9.47 Å². The zero-order valence-electron chi connectivity index (χ0n) is 22.1. The van der Waals surface area contributed by atoms with Crippen LogP contribution in [0, 0.1) is 6.92 Å². The highest BCUT2D eigenvalue weighted by Gasteiger charge is 2.34. The number of hydrogen-bond donors (Lipinski definition) is 1. The number of fused-ring (bicyclic) bond motifs is 5. The first kappa shape index (κ1) is 26.8. The number of likely N-dealkylation sites (tertiary alicyclic amines) is 1. The molecule has 1 saturated heterocycles. The lowest BCUT2D eigenvalue weighted by Gasteiger charge is -2.39. The number of aromatic nitrogens is 1. The van der Waals surface area contributed by atoms with Crippen LogP contribution in [-0.2, 0) is 27.4 Å². The fraction of sp³-hybridized carbons (Fsp3) is 0.379. The van der Waals surface area contributed by atoms with Gasteiger partial charge in [-0.25, -0.2) is 4.98 Å². The van der Waals surface area contributed by atoms with Crippen LogP contribution in [0.4, 0.5) is 0 Å². The number of carbonyl (C=O) groups is 3. The summed E-state index contributed by atoms with van der Waals surface area (Å²) >= 11 is 1.32. The summed E-state index contributed by atoms with van der Waals surface area (Å²) in [7, 11) is 1.63. The number of ether oxygens (including phenoxy) is 2. The van der Waals surface area contributed by atoms with Crippen molar-refractivity contribution < 1.29 is 23.9 Å². The molecule has 0 spiro atoms. The molecule has 0 aliphatic carbocycles. The first-order valence-corrected chi connectivity index (χ1v) is 13.9. The number of benzene rings is 2. The summed E-state index contributed by atoms with van der Waals surface area (Å²) in [5, 5.41) is 3.04. The lowest BCUT2D eigenvalue weighted by molar-refractivity contribution is -0.135. The van der Waals surface area contributed by atoms with E-state index in [1.165, 1.54) is 16.2 Å². The third-order valence-electron chi connectivity index (χ3n) is 7.05. The number of piperidine rings is 1. The number of hydrogen-bond acceptors (Lipinski definition) is 7. The van der Waals surface area contributed by atoms with Crippen LogP contribution in [0.5, 0.6) is 11.5 Å². The van der Waals surface area contributed by atoms with E-state index >= 15 is 0 Å². The van der Waals surface area contributed by atoms with Gasteiger partial charge in [0.05, 0.1) is 36.5 Å². The molecular weight excluding hydrogens is 516 g/mol. The molecule has 0 radical (unpaired) electrons. The van der Waals surface area contributed by atoms with Crippen LogP contribution >= 0.6 is 11.3 Å². The van der Waals surface area contributed by atoms with Crippen LogP contribution in [0.15, 0.2) is 54.0 Å². The minimum absolute atomic E-state index is 0.0743. The molecule has 39 heavy (non-hydrogen) atoms. The first-order chi connectivity index (χ1) is 18.9. The maximum atomic E-state index is 13.2. The predicted octanol–water partition coefficient (Wildman–Crippen LogP) is 3.56. The van der Waals surface area contributed by atoms with Gasteiger partial charge in [-0.1, -0.05) is 24.3 Å². The van der Waals surface area contributed by atoms with E-state index in [9.17, 15) is 14.4 Å². The van der Waals surface area contributed by atoms with E-state index in [0.29, 0.717) is 54.6 Å². The Morgan fingerprint density at radius 1 is 1.08 bits per heavy atom. The maximum absolute atomic E-state index is 13.2. The molecule has 1 fully saturated rings. The molecule has 9 nitrogen and oxygen atoms in total. The molecule has 10 heteroatoms. The van der Waals surface area contributed by atoms with Crippen LogP contribution in [0.1, 0.15) is 39.3 Å². The van der Waals surface area contributed by atoms with E-state index in [-0.39, 0.29) is 36.8 Å². The number of nitrogens with one attached hydrogen (secondary N) is 1. The monoisotopic (exact) mass is 548 g/mol. The topological polar surface area (TPSA) is 101 Å². The second-order valence-corrected chi connectivity index (χ2v) is 10.8. The van der Waals surface area contributed by atoms with Gasteiger partial charge in [0.2, 0.25) is 11.8 Å². The number of amides is 3. The quantitative estimate of drug-likeness (QED) is 0.499. The number of nitrogens with zero attached hydrogens (tertiary/aromatic N) is 3. The zero-order chi connectivity index (χ0) is 27.4. The second-order valence-electron chi connectivity index (χ2n) is 9.98. The lowest BCUT2D eigenvalue weighted by Crippen LogP contribution is -2.58. The maximum Gasteiger partial charge on any atom is 0.265 e. The van der Waals surface area contributed by atoms with E-state index in [1.807, 2.05) is 55.5 Å². The Morgan fingerprint density at radius 2 is 1.82 bits per heavy atom. The number of aryl methyl sites for hydroxylation is 2. The van der Waals surface area contributed by atoms with Crippen LogP contribution < -0.4 is 10.1 Å². The highest BCUT2D eigenvalue weighted by Crippen LogP contribution is 2.26. The molecule has 2 aliphatic rings. The average Bonchev–Trinajstić information content (AvgIpc) is 3.36. The van der Waals surface area contributed by atoms with Crippen LogP contribution in [0.2, 0.25) is 0 Å². The Hall–Kier alpha value is -3.76. The normalized spacial score (nSPS) is 20.8. The van der Waals surface area contributed by atoms with Gasteiger partial charge in [-0.3, -0.25) is 14.4 Å². The van der Waals surface area contributed by atoms with Gasteiger partial charge in [0.1, 0.15) is 16.4 Å². The third-order valence-corrected chi connectivity index (χ3v) is 7.97. The SMILES string of the molecule is Cc1ncsc1C(=O)N1CC[C@H]2OCc3cccc(c3)Oc3cccc(c3)CCC(=O)N(C)CC(=O)N[C@H]2C1. The van der Waals surface area contributed by atoms with E-state index in [1.54, 1.807) is 17.5 Å². The van der Waals surface area contributed by atoms with Gasteiger partial charge in [-0.15, -0.1) is 11.3 Å². The molecule has 0 saturated carbocycles. The molecule has 0 unspecified atom stereocenters. The molecule has 204 valence electrons. The van der Waals surface area contributed by atoms with Crippen molar-refractivity contribution in [2.75, 3.05) is 26.7 Å². The van der Waals surface area contributed by atoms with Gasteiger partial charge in [0, 0.05) is 26.6 Å². The molecule has 3 aromatic rings. The Labute approximate surface area is 231 Å². The van der Waals surface area contributed by atoms with Gasteiger partial charge < -0.3 is 24.6 Å². The Morgan fingerprint density at radius 3 is 2.56 bits per heavy atom. The summed E-state index contributed by atoms with van der Waals surface area (Å²) in [5.41, 5.74) is 4.28. The average molecular weight is 549 g/mol. The standard InChI is InChI=1S/C29H32N4O5S/c1-19-28(39-18-30-19)29(36)33-12-11-25-24(15-33)31-26(34)16-32(2)27(35)10-9-20-5-3-7-22(13-20)38-23-8-4-6-21(14-23)17-37-25/h3-8,13-14,18,24-25H,9-12,15-17H2,1-2H3,(H,31,34)/t24-,25+/m0/s1. The Bertz CT molecular complexity index is 1360. The summed E-state index contributed by atoms with van der Waals surface area (Å²) < 4.78 is 12.4. The van der Waals surface area contributed by atoms with Crippen molar-refractivity contribution in [2.45, 2.75) is 44.9 Å². The van der Waals surface area contributed by atoms with Crippen molar-refractivity contribution in [1.29, 1.82) is 0 Å². The Balaban J connectivity index is 1.37. The van der Waals surface area contributed by atoms with E-state index < -0.39 is 6.04 Å². The highest BCUT2D eigenvalue weighted by atomic mass is 32.1. The van der Waals surface area contributed by atoms with Gasteiger partial charge in [0.15, 0.2) is 0 Å². The van der Waals surface area contributed by atoms with Crippen molar-refractivity contribution in [1.82, 2.24) is 20.1 Å². The molecule has 2 aromatic carbocycles. The molecule has 3 heterocycles. The number of likely N-dealkylation sites (N-methyl/N-ethyl adjacent to an activating group) is 1. The summed E-state index contributed by atoms with van der Waals surface area (Å²) in [6.45, 7) is 2.88. The lowest BCUT2D eigenvalue weighted by atomic mass is 10.0. The minimum Gasteiger partial charge on any atom is -0.457 e. The molecule has 2 aliphatic heterocycles. The number of carbonyl (C=O) groups excluding carboxylic acids is 3. The third kappa shape index (κ3) is 6.63. The van der Waals surface area contributed by atoms with Crippen molar-refractivity contribution >= 4 is 29.1 Å². The van der Waals surface area contributed by atoms with Gasteiger partial charge in [0.25, 0.3) is 5.91 Å². The van der Waals surface area contributed by atoms with Gasteiger partial charge in [-0.05, 0) is 55.2 Å². The molecule has 4 bridgehead atoms. The van der Waals surface area contributed by atoms with Crippen molar-refractivity contribution in [3.05, 3.63) is 75.7 Å². The molecular formula is C29H32N4O5S. The van der Waals surface area contributed by atoms with Crippen LogP contribution in [0.3, 0.4) is 0 Å². The Kier molecular flexibility index (Phi) is 8.23. The molecule has 1 aromatic heterocycles. The van der Waals surface area contributed by atoms with Crippen LogP contribution in [0.25, 0.3) is 0 Å². The second kappa shape index (κ2) is 12.0. The van der Waals surface area contributed by atoms with Crippen molar-refractivity contribution in [3.63, 3.8) is 0 Å². The molecule has 5 rings (SSSR count). The number of thiazole rings is 1. The van der Waals surface area contributed by atoms with Crippen molar-refractivity contribution in [2.24, 2.45) is 0 Å². The van der Waals surface area contributed by atoms with E-state index in [2.05, 4.69) is 10.3 Å². The van der Waals surface area contributed by atoms with Gasteiger partial charge >= 0.3 is 0 Å². The molecule has 2 atom stereocenters. The fourth-order valence-corrected chi connectivity index (χ4v) is 5.67. The van der Waals surface area contributed by atoms with Crippen molar-refractivity contribution in [3.8, 4) is 11.5 Å². The largest absolute Gasteiger partial charge is 0.457 e. The summed E-state index contributed by atoms with van der Waals surface area (Å²) in [6.07, 6.45) is 1.07. The van der Waals surface area contributed by atoms with Crippen LogP contribution in [-0.4, -0.2) is 71.3 Å². The predicted molar refractivity (Wildman–Crippen MR) is 147 cm³/mol. The summed E-state index contributed by atoms with van der Waals surface area (Å²) in [5.74, 6) is 0.878. The van der Waals surface area contributed by atoms with E-state index in [0.717, 1.165) is 11.1 Å². The fourth-order valence-electron chi connectivity index (χ4n) is 4.90. The summed E-state index contributed by atoms with van der Waals surface area (Å²) in [6, 6.07) is 15.0. The smallest absolute Gasteiger partial charge is 0.265 e. The summed E-state index contributed by atoms with van der Waals surface area (Å²) in [4.78, 5) is 47.0. The zero-order valence-corrected chi connectivity index (χ0v) is 22.9. The highest BCUT2D eigenvalue weighted by molar-refractivity contribution is 7.11. The van der Waals surface area contributed by atoms with Gasteiger partial charge in [-0.2, -0.15) is 0 Å². The number of rotatable bonds is 1. The molecule has 3 amide bonds. The first-order valence-electron chi connectivity index (χ1n) is 13.1. The molecule has 1 N–H and O–H groups in total. The minimum atomic E-state index is -0.426.